The lowest BCUT2D eigenvalue weighted by molar-refractivity contribution is 0.566. The van der Waals surface area contributed by atoms with Crippen molar-refractivity contribution in [1.29, 1.82) is 0 Å². The average Bonchev–Trinajstić information content (AvgIpc) is 2.29. The first-order chi connectivity index (χ1) is 5.82. The molecule has 1 aromatic rings. The Bertz CT molecular complexity index is 292. The first-order valence-electron chi connectivity index (χ1n) is 4.80. The minimum Gasteiger partial charge on any atom is -0.245 e. The molecule has 0 aliphatic carbocycles. The highest BCUT2D eigenvalue weighted by Crippen LogP contribution is 2.31. The molecule has 0 unspecified atom stereocenters. The van der Waals surface area contributed by atoms with E-state index >= 15 is 0 Å². The molecule has 13 heavy (non-hydrogen) atoms. The summed E-state index contributed by atoms with van der Waals surface area (Å²) in [6.07, 6.45) is 0. The molecule has 0 atom stereocenters. The van der Waals surface area contributed by atoms with Crippen LogP contribution >= 0.6 is 11.3 Å². The fourth-order valence-electron chi connectivity index (χ4n) is 1.36. The highest BCUT2D eigenvalue weighted by Gasteiger charge is 2.21. The summed E-state index contributed by atoms with van der Waals surface area (Å²) in [6, 6.07) is 0. The van der Waals surface area contributed by atoms with Crippen LogP contribution in [0.1, 0.15) is 56.1 Å². The van der Waals surface area contributed by atoms with Crippen LogP contribution in [0.5, 0.6) is 0 Å². The molecule has 0 saturated heterocycles. The number of aromatic nitrogens is 1. The molecule has 0 aliphatic rings. The summed E-state index contributed by atoms with van der Waals surface area (Å²) in [6.45, 7) is 13.2. The Balaban J connectivity index is 3.11. The van der Waals surface area contributed by atoms with Gasteiger partial charge < -0.3 is 0 Å². The van der Waals surface area contributed by atoms with Crippen molar-refractivity contribution in [3.63, 3.8) is 0 Å². The summed E-state index contributed by atoms with van der Waals surface area (Å²) in [5, 5.41) is 1.27. The van der Waals surface area contributed by atoms with Crippen LogP contribution in [0.2, 0.25) is 0 Å². The molecule has 1 rings (SSSR count). The lowest BCUT2D eigenvalue weighted by atomic mass is 9.91. The molecule has 0 aliphatic heterocycles. The summed E-state index contributed by atoms with van der Waals surface area (Å²) in [4.78, 5) is 6.07. The third kappa shape index (κ3) is 2.31. The third-order valence-corrected chi connectivity index (χ3v) is 3.29. The van der Waals surface area contributed by atoms with E-state index in [0.29, 0.717) is 5.92 Å². The summed E-state index contributed by atoms with van der Waals surface area (Å²) in [5.74, 6) is 0.555. The number of hydrogen-bond donors (Lipinski definition) is 0. The van der Waals surface area contributed by atoms with E-state index in [0.717, 1.165) is 0 Å². The monoisotopic (exact) mass is 197 g/mol. The Hall–Kier alpha value is -0.370. The Morgan fingerprint density at radius 1 is 1.23 bits per heavy atom. The average molecular weight is 197 g/mol. The summed E-state index contributed by atoms with van der Waals surface area (Å²) in [5.41, 5.74) is 1.45. The maximum atomic E-state index is 4.70. The van der Waals surface area contributed by atoms with E-state index < -0.39 is 0 Å². The van der Waals surface area contributed by atoms with Crippen LogP contribution in [-0.2, 0) is 5.41 Å². The SMILES string of the molecule is Cc1sc(C(C)C)nc1C(C)(C)C. The lowest BCUT2D eigenvalue weighted by Crippen LogP contribution is -2.13. The molecular formula is C11H19NS. The van der Waals surface area contributed by atoms with Gasteiger partial charge in [-0.2, -0.15) is 0 Å². The van der Waals surface area contributed by atoms with Gasteiger partial charge in [0.1, 0.15) is 0 Å². The van der Waals surface area contributed by atoms with Crippen molar-refractivity contribution in [2.75, 3.05) is 0 Å². The topological polar surface area (TPSA) is 12.9 Å². The fourth-order valence-corrected chi connectivity index (χ4v) is 2.49. The number of thiazole rings is 1. The summed E-state index contributed by atoms with van der Waals surface area (Å²) in [7, 11) is 0. The highest BCUT2D eigenvalue weighted by molar-refractivity contribution is 7.11. The van der Waals surface area contributed by atoms with Gasteiger partial charge in [0.25, 0.3) is 0 Å². The Labute approximate surface area is 85.2 Å². The normalized spacial score (nSPS) is 12.5. The number of nitrogens with zero attached hydrogens (tertiary/aromatic N) is 1. The maximum Gasteiger partial charge on any atom is 0.0956 e. The van der Waals surface area contributed by atoms with Gasteiger partial charge in [-0.15, -0.1) is 11.3 Å². The van der Waals surface area contributed by atoms with Crippen molar-refractivity contribution in [2.24, 2.45) is 0 Å². The van der Waals surface area contributed by atoms with Gasteiger partial charge in [0.05, 0.1) is 10.7 Å². The number of aryl methyl sites for hydroxylation is 1. The Morgan fingerprint density at radius 2 is 1.77 bits per heavy atom. The van der Waals surface area contributed by atoms with Gasteiger partial charge in [-0.05, 0) is 6.92 Å². The van der Waals surface area contributed by atoms with Crippen molar-refractivity contribution in [2.45, 2.75) is 52.9 Å². The van der Waals surface area contributed by atoms with Crippen LogP contribution < -0.4 is 0 Å². The molecule has 0 aromatic carbocycles. The Morgan fingerprint density at radius 3 is 2.00 bits per heavy atom. The van der Waals surface area contributed by atoms with Gasteiger partial charge in [-0.25, -0.2) is 4.98 Å². The van der Waals surface area contributed by atoms with E-state index in [1.54, 1.807) is 0 Å². The van der Waals surface area contributed by atoms with Gasteiger partial charge in [-0.1, -0.05) is 34.6 Å². The molecule has 0 fully saturated rings. The van der Waals surface area contributed by atoms with Crippen LogP contribution in [0.4, 0.5) is 0 Å². The predicted molar refractivity (Wildman–Crippen MR) is 59.6 cm³/mol. The zero-order valence-corrected chi connectivity index (χ0v) is 10.2. The van der Waals surface area contributed by atoms with Gasteiger partial charge in [0.2, 0.25) is 0 Å². The number of rotatable bonds is 1. The summed E-state index contributed by atoms with van der Waals surface area (Å²) < 4.78 is 0. The molecule has 1 aromatic heterocycles. The molecule has 0 radical (unpaired) electrons. The molecule has 0 N–H and O–H groups in total. The molecule has 1 nitrogen and oxygen atoms in total. The molecule has 2 heteroatoms. The first-order valence-corrected chi connectivity index (χ1v) is 5.62. The molecule has 0 amide bonds. The van der Waals surface area contributed by atoms with Crippen LogP contribution in [0.15, 0.2) is 0 Å². The molecule has 1 heterocycles. The van der Waals surface area contributed by atoms with Gasteiger partial charge in [-0.3, -0.25) is 0 Å². The van der Waals surface area contributed by atoms with E-state index in [1.807, 2.05) is 11.3 Å². The number of hydrogen-bond acceptors (Lipinski definition) is 2. The van der Waals surface area contributed by atoms with E-state index in [2.05, 4.69) is 41.5 Å². The van der Waals surface area contributed by atoms with E-state index in [1.165, 1.54) is 15.6 Å². The molecule has 0 saturated carbocycles. The third-order valence-electron chi connectivity index (χ3n) is 2.02. The minimum absolute atomic E-state index is 0.188. The van der Waals surface area contributed by atoms with E-state index in [-0.39, 0.29) is 5.41 Å². The zero-order chi connectivity index (χ0) is 10.2. The van der Waals surface area contributed by atoms with Crippen molar-refractivity contribution in [3.8, 4) is 0 Å². The molecule has 0 bridgehead atoms. The van der Waals surface area contributed by atoms with Crippen LogP contribution in [0, 0.1) is 6.92 Å². The van der Waals surface area contributed by atoms with Crippen LogP contribution in [0.25, 0.3) is 0 Å². The first kappa shape index (κ1) is 10.7. The highest BCUT2D eigenvalue weighted by atomic mass is 32.1. The van der Waals surface area contributed by atoms with Crippen molar-refractivity contribution >= 4 is 11.3 Å². The van der Waals surface area contributed by atoms with Crippen molar-refractivity contribution < 1.29 is 0 Å². The molecule has 0 spiro atoms. The largest absolute Gasteiger partial charge is 0.245 e. The van der Waals surface area contributed by atoms with E-state index in [4.69, 9.17) is 4.98 Å². The lowest BCUT2D eigenvalue weighted by Gasteiger charge is -2.16. The second-order valence-corrected chi connectivity index (χ2v) is 6.10. The van der Waals surface area contributed by atoms with Gasteiger partial charge >= 0.3 is 0 Å². The molecule has 74 valence electrons. The maximum absolute atomic E-state index is 4.70. The smallest absolute Gasteiger partial charge is 0.0956 e. The van der Waals surface area contributed by atoms with Crippen LogP contribution in [-0.4, -0.2) is 4.98 Å². The van der Waals surface area contributed by atoms with Gasteiger partial charge in [0, 0.05) is 16.2 Å². The van der Waals surface area contributed by atoms with Crippen molar-refractivity contribution in [3.05, 3.63) is 15.6 Å². The minimum atomic E-state index is 0.188. The Kier molecular flexibility index (Phi) is 2.81. The predicted octanol–water partition coefficient (Wildman–Crippen LogP) is 3.87. The van der Waals surface area contributed by atoms with Gasteiger partial charge in [0.15, 0.2) is 0 Å². The van der Waals surface area contributed by atoms with E-state index in [9.17, 15) is 0 Å². The standard InChI is InChI=1S/C11H19NS/c1-7(2)10-12-9(8(3)13-10)11(4,5)6/h7H,1-6H3. The second-order valence-electron chi connectivity index (χ2n) is 4.86. The molecular weight excluding hydrogens is 178 g/mol. The van der Waals surface area contributed by atoms with Crippen LogP contribution in [0.3, 0.4) is 0 Å². The zero-order valence-electron chi connectivity index (χ0n) is 9.43. The second kappa shape index (κ2) is 3.41. The van der Waals surface area contributed by atoms with Crippen molar-refractivity contribution in [1.82, 2.24) is 4.98 Å². The fraction of sp³-hybridized carbons (Fsp3) is 0.727. The quantitative estimate of drug-likeness (QED) is 0.666. The summed E-state index contributed by atoms with van der Waals surface area (Å²) >= 11 is 1.84.